The molecule has 0 saturated carbocycles. The molecular weight excluding hydrogens is 284 g/mol. The number of carboxylic acid groups (broad SMARTS) is 1. The van der Waals surface area contributed by atoms with Crippen molar-refractivity contribution in [2.24, 2.45) is 0 Å². The van der Waals surface area contributed by atoms with Crippen LogP contribution in [0.25, 0.3) is 0 Å². The van der Waals surface area contributed by atoms with Crippen molar-refractivity contribution in [2.45, 2.75) is 71.3 Å². The summed E-state index contributed by atoms with van der Waals surface area (Å²) >= 11 is 0. The average Bonchev–Trinajstić information content (AvgIpc) is 2.46. The third kappa shape index (κ3) is 12.8. The normalized spacial score (nSPS) is 12.7. The highest BCUT2D eigenvalue weighted by atomic mass is 28.2. The van der Waals surface area contributed by atoms with Gasteiger partial charge < -0.3 is 14.6 Å². The molecule has 0 spiro atoms. The van der Waals surface area contributed by atoms with Crippen molar-refractivity contribution in [2.75, 3.05) is 13.2 Å². The van der Waals surface area contributed by atoms with Gasteiger partial charge in [0.05, 0.1) is 9.52 Å². The van der Waals surface area contributed by atoms with Gasteiger partial charge in [-0.2, -0.15) is 0 Å². The molecule has 0 aliphatic heterocycles. The molecule has 124 valence electrons. The van der Waals surface area contributed by atoms with Gasteiger partial charge in [-0.15, -0.1) is 0 Å². The molecule has 0 atom stereocenters. The largest absolute Gasteiger partial charge is 0.478 e. The Hall–Kier alpha value is -0.653. The van der Waals surface area contributed by atoms with Crippen LogP contribution >= 0.6 is 0 Å². The molecule has 0 fully saturated rings. The molecule has 0 amide bonds. The second-order valence-corrected chi connectivity index (χ2v) is 7.31. The van der Waals surface area contributed by atoms with Gasteiger partial charge in [-0.1, -0.05) is 45.2 Å². The monoisotopic (exact) mass is 316 g/mol. The van der Waals surface area contributed by atoms with E-state index < -0.39 is 15.5 Å². The van der Waals surface area contributed by atoms with E-state index in [-0.39, 0.29) is 5.91 Å². The van der Waals surface area contributed by atoms with Crippen LogP contribution in [-0.4, -0.2) is 39.7 Å². The summed E-state index contributed by atoms with van der Waals surface area (Å²) in [5.41, 5.74) is 0.437. The predicted molar refractivity (Wildman–Crippen MR) is 89.5 cm³/mol. The summed E-state index contributed by atoms with van der Waals surface area (Å²) in [6.07, 6.45) is 8.13. The SMILES string of the molecule is CCCCOC(OCCCC)[SiH2]CCCC=C(C)C(=O)O. The number of aliphatic carboxylic acids is 1. The summed E-state index contributed by atoms with van der Waals surface area (Å²) in [5, 5.41) is 8.77. The van der Waals surface area contributed by atoms with Crippen LogP contribution in [0.3, 0.4) is 0 Å². The first kappa shape index (κ1) is 20.3. The molecule has 0 aromatic carbocycles. The molecule has 0 unspecified atom stereocenters. The van der Waals surface area contributed by atoms with Gasteiger partial charge in [-0.25, -0.2) is 4.79 Å². The quantitative estimate of drug-likeness (QED) is 0.231. The number of ether oxygens (including phenoxy) is 2. The molecular formula is C16H32O4Si. The fraction of sp³-hybridized carbons (Fsp3) is 0.812. The van der Waals surface area contributed by atoms with E-state index in [0.717, 1.165) is 57.8 Å². The standard InChI is InChI=1S/C16H32O4Si/c1-4-6-11-19-16(20-12-7-5-2)21-13-9-8-10-14(3)15(17)18/h10,16H,4-9,11-13,21H2,1-3H3,(H,17,18). The second kappa shape index (κ2) is 14.3. The first-order valence-corrected chi connectivity index (χ1v) is 10.1. The fourth-order valence-electron chi connectivity index (χ4n) is 1.79. The van der Waals surface area contributed by atoms with Crippen LogP contribution < -0.4 is 0 Å². The van der Waals surface area contributed by atoms with E-state index in [1.165, 1.54) is 0 Å². The van der Waals surface area contributed by atoms with E-state index in [1.807, 2.05) is 6.08 Å². The number of allylic oxidation sites excluding steroid dienone is 1. The topological polar surface area (TPSA) is 55.8 Å². The van der Waals surface area contributed by atoms with Crippen LogP contribution in [0.2, 0.25) is 6.04 Å². The van der Waals surface area contributed by atoms with Crippen LogP contribution in [0.15, 0.2) is 11.6 Å². The zero-order valence-corrected chi connectivity index (χ0v) is 15.3. The van der Waals surface area contributed by atoms with Crippen molar-refractivity contribution in [1.29, 1.82) is 0 Å². The van der Waals surface area contributed by atoms with Gasteiger partial charge in [-0.05, 0) is 26.2 Å². The highest BCUT2D eigenvalue weighted by Crippen LogP contribution is 2.06. The van der Waals surface area contributed by atoms with E-state index >= 15 is 0 Å². The van der Waals surface area contributed by atoms with Gasteiger partial charge >= 0.3 is 5.97 Å². The van der Waals surface area contributed by atoms with Crippen molar-refractivity contribution in [1.82, 2.24) is 0 Å². The Morgan fingerprint density at radius 3 is 2.19 bits per heavy atom. The summed E-state index contributed by atoms with van der Waals surface area (Å²) in [6, 6.07) is 1.13. The average molecular weight is 317 g/mol. The van der Waals surface area contributed by atoms with E-state index in [1.54, 1.807) is 6.92 Å². The summed E-state index contributed by atoms with van der Waals surface area (Å²) in [7, 11) is -0.416. The second-order valence-electron chi connectivity index (χ2n) is 5.35. The third-order valence-electron chi connectivity index (χ3n) is 3.29. The molecule has 0 saturated heterocycles. The highest BCUT2D eigenvalue weighted by molar-refractivity contribution is 6.36. The lowest BCUT2D eigenvalue weighted by molar-refractivity contribution is -0.132. The highest BCUT2D eigenvalue weighted by Gasteiger charge is 2.09. The Balaban J connectivity index is 3.87. The van der Waals surface area contributed by atoms with E-state index in [4.69, 9.17) is 14.6 Å². The number of hydrogen-bond acceptors (Lipinski definition) is 3. The number of rotatable bonds is 14. The Labute approximate surface area is 131 Å². The van der Waals surface area contributed by atoms with Crippen LogP contribution in [0, 0.1) is 0 Å². The lowest BCUT2D eigenvalue weighted by atomic mass is 10.2. The van der Waals surface area contributed by atoms with Gasteiger partial charge in [0.15, 0.2) is 0 Å². The molecule has 0 heterocycles. The summed E-state index contributed by atoms with van der Waals surface area (Å²) in [5.74, 6) is -0.788. The van der Waals surface area contributed by atoms with Crippen molar-refractivity contribution < 1.29 is 19.4 Å². The molecule has 0 bridgehead atoms. The fourth-order valence-corrected chi connectivity index (χ4v) is 3.37. The molecule has 0 aromatic heterocycles. The lowest BCUT2D eigenvalue weighted by Gasteiger charge is -2.18. The third-order valence-corrected chi connectivity index (χ3v) is 5.14. The van der Waals surface area contributed by atoms with Crippen molar-refractivity contribution >= 4 is 15.5 Å². The maximum Gasteiger partial charge on any atom is 0.330 e. The zero-order valence-electron chi connectivity index (χ0n) is 13.9. The minimum Gasteiger partial charge on any atom is -0.478 e. The Morgan fingerprint density at radius 1 is 1.14 bits per heavy atom. The minimum absolute atomic E-state index is 0.0349. The number of carbonyl (C=O) groups is 1. The van der Waals surface area contributed by atoms with Gasteiger partial charge in [0, 0.05) is 18.8 Å². The Morgan fingerprint density at radius 2 is 1.71 bits per heavy atom. The van der Waals surface area contributed by atoms with E-state index in [0.29, 0.717) is 5.57 Å². The molecule has 1 N–H and O–H groups in total. The van der Waals surface area contributed by atoms with Gasteiger partial charge in [-0.3, -0.25) is 0 Å². The van der Waals surface area contributed by atoms with Crippen LogP contribution in [0.1, 0.15) is 59.3 Å². The molecule has 0 aromatic rings. The van der Waals surface area contributed by atoms with Crippen LogP contribution in [0.4, 0.5) is 0 Å². The van der Waals surface area contributed by atoms with Crippen molar-refractivity contribution in [3.05, 3.63) is 11.6 Å². The predicted octanol–water partition coefficient (Wildman–Crippen LogP) is 3.30. The lowest BCUT2D eigenvalue weighted by Crippen LogP contribution is -2.25. The molecule has 0 radical (unpaired) electrons. The molecule has 4 nitrogen and oxygen atoms in total. The number of hydrogen-bond donors (Lipinski definition) is 1. The Kier molecular flexibility index (Phi) is 13.8. The minimum atomic E-state index is -0.823. The van der Waals surface area contributed by atoms with Crippen LogP contribution in [-0.2, 0) is 14.3 Å². The van der Waals surface area contributed by atoms with Gasteiger partial charge in [0.2, 0.25) is 0 Å². The molecule has 0 aliphatic rings. The number of unbranched alkanes of at least 4 members (excludes halogenated alkanes) is 3. The molecule has 0 aliphatic carbocycles. The number of carboxylic acids is 1. The zero-order chi connectivity index (χ0) is 15.9. The Bertz CT molecular complexity index is 282. The van der Waals surface area contributed by atoms with Crippen molar-refractivity contribution in [3.63, 3.8) is 0 Å². The maximum atomic E-state index is 10.7. The van der Waals surface area contributed by atoms with Crippen molar-refractivity contribution in [3.8, 4) is 0 Å². The van der Waals surface area contributed by atoms with E-state index in [9.17, 15) is 4.79 Å². The van der Waals surface area contributed by atoms with Gasteiger partial charge in [0.25, 0.3) is 0 Å². The first-order chi connectivity index (χ1) is 10.1. The summed E-state index contributed by atoms with van der Waals surface area (Å²) < 4.78 is 11.6. The van der Waals surface area contributed by atoms with Gasteiger partial charge in [0.1, 0.15) is 5.91 Å². The summed E-state index contributed by atoms with van der Waals surface area (Å²) in [4.78, 5) is 10.7. The first-order valence-electron chi connectivity index (χ1n) is 8.25. The van der Waals surface area contributed by atoms with E-state index in [2.05, 4.69) is 13.8 Å². The smallest absolute Gasteiger partial charge is 0.330 e. The maximum absolute atomic E-state index is 10.7. The molecule has 21 heavy (non-hydrogen) atoms. The van der Waals surface area contributed by atoms with Crippen LogP contribution in [0.5, 0.6) is 0 Å². The summed E-state index contributed by atoms with van der Waals surface area (Å²) in [6.45, 7) is 7.54. The molecule has 0 rings (SSSR count). The molecule has 5 heteroatoms.